The molecule has 1 amide bonds. The van der Waals surface area contributed by atoms with Gasteiger partial charge in [0.2, 0.25) is 0 Å². The Balaban J connectivity index is 1.33. The van der Waals surface area contributed by atoms with Crippen LogP contribution < -0.4 is 5.32 Å². The molecule has 2 saturated carbocycles. The first-order chi connectivity index (χ1) is 20.3. The van der Waals surface area contributed by atoms with Gasteiger partial charge in [-0.05, 0) is 51.7 Å². The molecule has 2 aliphatic rings. The molecular formula is C34H39N3O4S2. The minimum absolute atomic E-state index is 0.398. The Bertz CT molecular complexity index is 1590. The number of nitrogens with zero attached hydrogens (tertiary/aromatic N) is 2. The molecule has 0 unspecified atom stereocenters. The molecule has 2 aromatic heterocycles. The zero-order valence-electron chi connectivity index (χ0n) is 25.1. The van der Waals surface area contributed by atoms with Crippen molar-refractivity contribution in [3.05, 3.63) is 71.4 Å². The van der Waals surface area contributed by atoms with Gasteiger partial charge in [-0.15, -0.1) is 22.7 Å². The summed E-state index contributed by atoms with van der Waals surface area (Å²) in [5.74, 6) is 0. The molecule has 9 heteroatoms. The average molecular weight is 618 g/mol. The van der Waals surface area contributed by atoms with E-state index in [1.807, 2.05) is 69.4 Å². The van der Waals surface area contributed by atoms with Crippen molar-refractivity contribution in [2.75, 3.05) is 0 Å². The van der Waals surface area contributed by atoms with Gasteiger partial charge >= 0.3 is 6.09 Å². The molecule has 0 aliphatic heterocycles. The Labute approximate surface area is 261 Å². The van der Waals surface area contributed by atoms with Crippen molar-refractivity contribution in [1.29, 1.82) is 0 Å². The summed E-state index contributed by atoms with van der Waals surface area (Å²) in [5.41, 5.74) is 0.795. The van der Waals surface area contributed by atoms with Gasteiger partial charge < -0.3 is 20.3 Å². The van der Waals surface area contributed by atoms with Gasteiger partial charge in [0.1, 0.15) is 21.2 Å². The summed E-state index contributed by atoms with van der Waals surface area (Å²) in [7, 11) is 0. The summed E-state index contributed by atoms with van der Waals surface area (Å²) < 4.78 is 5.55. The van der Waals surface area contributed by atoms with Gasteiger partial charge in [0.15, 0.2) is 0 Å². The number of hydrogen-bond donors (Lipinski definition) is 3. The third-order valence-corrected chi connectivity index (χ3v) is 10.7. The van der Waals surface area contributed by atoms with Gasteiger partial charge in [-0.2, -0.15) is 0 Å². The van der Waals surface area contributed by atoms with E-state index in [9.17, 15) is 15.0 Å². The Morgan fingerprint density at radius 2 is 1.60 bits per heavy atom. The van der Waals surface area contributed by atoms with Crippen molar-refractivity contribution in [3.63, 3.8) is 0 Å². The molecule has 2 fully saturated rings. The minimum Gasteiger partial charge on any atom is -0.444 e. The van der Waals surface area contributed by atoms with Crippen LogP contribution in [0.3, 0.4) is 0 Å². The Kier molecular flexibility index (Phi) is 7.74. The molecule has 7 nitrogen and oxygen atoms in total. The summed E-state index contributed by atoms with van der Waals surface area (Å²) in [4.78, 5) is 24.5. The zero-order chi connectivity index (χ0) is 30.5. The zero-order valence-corrected chi connectivity index (χ0v) is 26.8. The van der Waals surface area contributed by atoms with Crippen LogP contribution in [0.25, 0.3) is 31.6 Å². The maximum atomic E-state index is 12.8. The van der Waals surface area contributed by atoms with Crippen molar-refractivity contribution < 1.29 is 19.7 Å². The van der Waals surface area contributed by atoms with Gasteiger partial charge in [-0.3, -0.25) is 0 Å². The number of hydrogen-bond acceptors (Lipinski definition) is 8. The number of carbonyl (C=O) groups is 1. The fourth-order valence-corrected chi connectivity index (χ4v) is 8.60. The van der Waals surface area contributed by atoms with E-state index in [0.29, 0.717) is 12.8 Å². The number of aromatic nitrogens is 2. The summed E-state index contributed by atoms with van der Waals surface area (Å²) >= 11 is 3.17. The number of amides is 1. The summed E-state index contributed by atoms with van der Waals surface area (Å²) in [6.45, 7) is 7.30. The lowest BCUT2D eigenvalue weighted by atomic mass is 9.62. The minimum atomic E-state index is -0.865. The maximum Gasteiger partial charge on any atom is 0.408 e. The second-order valence-corrected chi connectivity index (χ2v) is 15.4. The molecule has 6 rings (SSSR count). The van der Waals surface area contributed by atoms with Crippen LogP contribution in [-0.2, 0) is 15.9 Å². The van der Waals surface area contributed by atoms with Crippen LogP contribution in [-0.4, -0.2) is 37.5 Å². The Morgan fingerprint density at radius 1 is 0.930 bits per heavy atom. The van der Waals surface area contributed by atoms with E-state index in [1.54, 1.807) is 29.6 Å². The Morgan fingerprint density at radius 3 is 2.23 bits per heavy atom. The average Bonchev–Trinajstić information content (AvgIpc) is 3.61. The number of aliphatic hydroxyl groups is 2. The fourth-order valence-electron chi connectivity index (χ4n) is 6.40. The molecule has 2 aliphatic carbocycles. The van der Waals surface area contributed by atoms with Crippen LogP contribution in [0.2, 0.25) is 0 Å². The smallest absolute Gasteiger partial charge is 0.408 e. The van der Waals surface area contributed by atoms with E-state index in [1.165, 1.54) is 0 Å². The molecule has 226 valence electrons. The lowest BCUT2D eigenvalue weighted by molar-refractivity contribution is -0.0892. The van der Waals surface area contributed by atoms with E-state index in [-0.39, 0.29) is 0 Å². The molecule has 43 heavy (non-hydrogen) atoms. The number of ether oxygens (including phenoxy) is 1. The fraction of sp³-hybridized carbons (Fsp3) is 0.441. The highest BCUT2D eigenvalue weighted by molar-refractivity contribution is 7.23. The van der Waals surface area contributed by atoms with Gasteiger partial charge in [0.05, 0.1) is 26.6 Å². The number of thiazole rings is 2. The highest BCUT2D eigenvalue weighted by atomic mass is 32.1. The van der Waals surface area contributed by atoms with E-state index >= 15 is 0 Å². The first kappa shape index (κ1) is 29.9. The topological polar surface area (TPSA) is 105 Å². The van der Waals surface area contributed by atoms with Crippen LogP contribution in [0.4, 0.5) is 4.79 Å². The maximum absolute atomic E-state index is 12.8. The van der Waals surface area contributed by atoms with E-state index < -0.39 is 28.4 Å². The molecule has 3 N–H and O–H groups in total. The van der Waals surface area contributed by atoms with E-state index in [4.69, 9.17) is 9.72 Å². The van der Waals surface area contributed by atoms with Crippen molar-refractivity contribution >= 4 is 28.8 Å². The molecule has 0 bridgehead atoms. The largest absolute Gasteiger partial charge is 0.444 e. The normalized spacial score (nSPS) is 23.4. The van der Waals surface area contributed by atoms with Crippen molar-refractivity contribution in [3.8, 4) is 31.6 Å². The van der Waals surface area contributed by atoms with Gasteiger partial charge in [-0.25, -0.2) is 14.8 Å². The van der Waals surface area contributed by atoms with E-state index in [2.05, 4.69) is 22.4 Å². The summed E-state index contributed by atoms with van der Waals surface area (Å²) in [5, 5.41) is 26.6. The second-order valence-electron chi connectivity index (χ2n) is 13.3. The summed E-state index contributed by atoms with van der Waals surface area (Å²) in [6.07, 6.45) is 6.86. The highest BCUT2D eigenvalue weighted by Gasteiger charge is 2.53. The molecule has 0 atom stereocenters. The quantitative estimate of drug-likeness (QED) is 0.202. The lowest BCUT2D eigenvalue weighted by Gasteiger charge is -2.52. The monoisotopic (exact) mass is 617 g/mol. The van der Waals surface area contributed by atoms with Crippen molar-refractivity contribution in [1.82, 2.24) is 15.3 Å². The molecule has 2 aromatic carbocycles. The number of benzene rings is 2. The molecule has 4 aromatic rings. The number of alkyl carbamates (subject to hydrolysis) is 1. The van der Waals surface area contributed by atoms with Gasteiger partial charge in [-0.1, -0.05) is 73.9 Å². The third kappa shape index (κ3) is 6.27. The lowest BCUT2D eigenvalue weighted by Crippen LogP contribution is -2.62. The second kappa shape index (κ2) is 11.1. The van der Waals surface area contributed by atoms with Crippen LogP contribution >= 0.6 is 22.7 Å². The van der Waals surface area contributed by atoms with Gasteiger partial charge in [0.25, 0.3) is 0 Å². The molecule has 0 radical (unpaired) electrons. The molecule has 2 heterocycles. The highest BCUT2D eigenvalue weighted by Crippen LogP contribution is 2.49. The summed E-state index contributed by atoms with van der Waals surface area (Å²) in [6, 6.07) is 18.3. The number of carbonyl (C=O) groups excluding carboxylic acids is 1. The molecule has 0 spiro atoms. The van der Waals surface area contributed by atoms with E-state index in [0.717, 1.165) is 74.3 Å². The third-order valence-electron chi connectivity index (χ3n) is 8.27. The van der Waals surface area contributed by atoms with Crippen LogP contribution in [0.1, 0.15) is 83.2 Å². The predicted octanol–water partition coefficient (Wildman–Crippen LogP) is 8.02. The number of rotatable bonds is 6. The first-order valence-electron chi connectivity index (χ1n) is 14.9. The van der Waals surface area contributed by atoms with Crippen LogP contribution in [0.5, 0.6) is 0 Å². The molecule has 0 saturated heterocycles. The predicted molar refractivity (Wildman–Crippen MR) is 172 cm³/mol. The SMILES string of the molecule is CC1(O)CC(NC(=O)OC(C)(C)C)(c2ccc(-c3nc(-c4cnc(C5(O)CCCCC5)s4)sc3-c3ccccc3)cc2)C1. The van der Waals surface area contributed by atoms with Crippen molar-refractivity contribution in [2.24, 2.45) is 0 Å². The van der Waals surface area contributed by atoms with Crippen LogP contribution in [0.15, 0.2) is 60.8 Å². The molecular weight excluding hydrogens is 579 g/mol. The first-order valence-corrected chi connectivity index (χ1v) is 16.6. The Hall–Kier alpha value is -3.11. The number of nitrogens with one attached hydrogen (secondary N) is 1. The van der Waals surface area contributed by atoms with Crippen LogP contribution in [0, 0.1) is 0 Å². The standard InChI is InChI=1S/C34H39N3O4S2/c1-31(2,3)41-30(38)37-33(20-32(4,39)21-33)24-15-13-22(14-16-24)26-27(23-11-7-5-8-12-23)43-28(36-26)25-19-35-29(42-25)34(40)17-9-6-10-18-34/h5,7-8,11-16,19,39-40H,6,9-10,17-18,20-21H2,1-4H3,(H,37,38). The van der Waals surface area contributed by atoms with Crippen molar-refractivity contribution in [2.45, 2.75) is 95.0 Å². The van der Waals surface area contributed by atoms with Gasteiger partial charge in [0, 0.05) is 24.6 Å².